The Balaban J connectivity index is 1.33. The van der Waals surface area contributed by atoms with Crippen LogP contribution in [0.15, 0.2) is 91.0 Å². The molecule has 1 fully saturated rings. The van der Waals surface area contributed by atoms with E-state index in [4.69, 9.17) is 18.9 Å². The van der Waals surface area contributed by atoms with Crippen molar-refractivity contribution in [3.05, 3.63) is 124 Å². The SMILES string of the molecule is COCCOc1ccc(C2C(C(=O)O)C(c3ccc4c(c3)OCO4)CN2CC(=O)NC(c2ccccc2C)c2ccccc2C)cc1. The molecule has 2 aliphatic heterocycles. The van der Waals surface area contributed by atoms with Gasteiger partial charge < -0.3 is 29.4 Å². The van der Waals surface area contributed by atoms with Crippen molar-refractivity contribution in [2.75, 3.05) is 40.2 Å². The van der Waals surface area contributed by atoms with Crippen molar-refractivity contribution in [3.63, 3.8) is 0 Å². The molecule has 4 aromatic carbocycles. The van der Waals surface area contributed by atoms with E-state index in [0.717, 1.165) is 33.4 Å². The fraction of sp³-hybridized carbons (Fsp3) is 0.316. The van der Waals surface area contributed by atoms with Crippen molar-refractivity contribution in [3.8, 4) is 17.2 Å². The first-order valence-electron chi connectivity index (χ1n) is 15.8. The number of ether oxygens (including phenoxy) is 4. The van der Waals surface area contributed by atoms with Crippen LogP contribution in [-0.4, -0.2) is 62.1 Å². The molecular weight excluding hydrogens is 596 g/mol. The summed E-state index contributed by atoms with van der Waals surface area (Å²) in [5.74, 6) is -0.468. The third kappa shape index (κ3) is 6.96. The van der Waals surface area contributed by atoms with E-state index in [2.05, 4.69) is 5.32 Å². The van der Waals surface area contributed by atoms with Crippen LogP contribution in [0.25, 0.3) is 0 Å². The van der Waals surface area contributed by atoms with Crippen molar-refractivity contribution in [2.45, 2.75) is 31.8 Å². The van der Waals surface area contributed by atoms with Gasteiger partial charge >= 0.3 is 5.97 Å². The molecular formula is C38H40N2O7. The Hall–Kier alpha value is -4.86. The molecule has 0 aromatic heterocycles. The van der Waals surface area contributed by atoms with Gasteiger partial charge in [-0.3, -0.25) is 14.5 Å². The number of carboxylic acid groups (broad SMARTS) is 1. The first-order valence-corrected chi connectivity index (χ1v) is 15.8. The Morgan fingerprint density at radius 3 is 2.15 bits per heavy atom. The maximum Gasteiger partial charge on any atom is 0.309 e. The Morgan fingerprint density at radius 1 is 0.872 bits per heavy atom. The van der Waals surface area contributed by atoms with Crippen molar-refractivity contribution in [1.82, 2.24) is 10.2 Å². The number of methoxy groups -OCH3 is 1. The number of aryl methyl sites for hydroxylation is 2. The molecule has 4 aromatic rings. The number of aliphatic carboxylic acids is 1. The number of hydrogen-bond acceptors (Lipinski definition) is 7. The predicted molar refractivity (Wildman–Crippen MR) is 177 cm³/mol. The lowest BCUT2D eigenvalue weighted by atomic mass is 9.82. The predicted octanol–water partition coefficient (Wildman–Crippen LogP) is 5.80. The summed E-state index contributed by atoms with van der Waals surface area (Å²) < 4.78 is 22.0. The molecule has 1 amide bonds. The van der Waals surface area contributed by atoms with Crippen LogP contribution in [0.1, 0.15) is 51.4 Å². The molecule has 0 radical (unpaired) electrons. The fourth-order valence-electron chi connectivity index (χ4n) is 6.81. The Bertz CT molecular complexity index is 1680. The molecule has 244 valence electrons. The molecule has 0 saturated carbocycles. The van der Waals surface area contributed by atoms with Gasteiger partial charge in [0.25, 0.3) is 0 Å². The maximum atomic E-state index is 14.1. The fourth-order valence-corrected chi connectivity index (χ4v) is 6.81. The van der Waals surface area contributed by atoms with E-state index in [1.165, 1.54) is 0 Å². The Kier molecular flexibility index (Phi) is 9.75. The highest BCUT2D eigenvalue weighted by Crippen LogP contribution is 2.48. The quantitative estimate of drug-likeness (QED) is 0.188. The zero-order valence-electron chi connectivity index (χ0n) is 26.8. The second-order valence-electron chi connectivity index (χ2n) is 12.1. The lowest BCUT2D eigenvalue weighted by Gasteiger charge is -2.29. The van der Waals surface area contributed by atoms with E-state index >= 15 is 0 Å². The summed E-state index contributed by atoms with van der Waals surface area (Å²) >= 11 is 0. The summed E-state index contributed by atoms with van der Waals surface area (Å²) in [6.45, 7) is 5.44. The number of nitrogens with one attached hydrogen (secondary N) is 1. The highest BCUT2D eigenvalue weighted by Gasteiger charge is 2.48. The average Bonchev–Trinajstić information content (AvgIpc) is 3.69. The van der Waals surface area contributed by atoms with Crippen LogP contribution >= 0.6 is 0 Å². The summed E-state index contributed by atoms with van der Waals surface area (Å²) in [4.78, 5) is 29.1. The molecule has 3 atom stereocenters. The van der Waals surface area contributed by atoms with Gasteiger partial charge in [-0.25, -0.2) is 0 Å². The van der Waals surface area contributed by atoms with Gasteiger partial charge in [-0.05, 0) is 71.5 Å². The van der Waals surface area contributed by atoms with Crippen LogP contribution in [0.5, 0.6) is 17.2 Å². The summed E-state index contributed by atoms with van der Waals surface area (Å²) in [6, 6.07) is 28.2. The average molecular weight is 637 g/mol. The number of hydrogen-bond donors (Lipinski definition) is 2. The van der Waals surface area contributed by atoms with E-state index in [9.17, 15) is 14.7 Å². The van der Waals surface area contributed by atoms with Gasteiger partial charge in [0.15, 0.2) is 11.5 Å². The van der Waals surface area contributed by atoms with Gasteiger partial charge in [0.1, 0.15) is 12.4 Å². The number of amides is 1. The van der Waals surface area contributed by atoms with Crippen LogP contribution < -0.4 is 19.5 Å². The number of carbonyl (C=O) groups is 2. The lowest BCUT2D eigenvalue weighted by molar-refractivity contribution is -0.143. The van der Waals surface area contributed by atoms with Crippen LogP contribution in [0, 0.1) is 19.8 Å². The zero-order valence-corrected chi connectivity index (χ0v) is 26.8. The van der Waals surface area contributed by atoms with Gasteiger partial charge in [0.05, 0.1) is 25.1 Å². The van der Waals surface area contributed by atoms with Crippen molar-refractivity contribution in [1.29, 1.82) is 0 Å². The number of fused-ring (bicyclic) bond motifs is 1. The lowest BCUT2D eigenvalue weighted by Crippen LogP contribution is -2.40. The van der Waals surface area contributed by atoms with E-state index in [1.54, 1.807) is 7.11 Å². The number of carboxylic acids is 1. The molecule has 0 aliphatic carbocycles. The number of benzene rings is 4. The minimum absolute atomic E-state index is 0.00977. The normalized spacial score (nSPS) is 18.8. The largest absolute Gasteiger partial charge is 0.491 e. The van der Waals surface area contributed by atoms with Crippen LogP contribution in [-0.2, 0) is 14.3 Å². The Labute approximate surface area is 275 Å². The number of carbonyl (C=O) groups excluding carboxylic acids is 1. The Morgan fingerprint density at radius 2 is 1.51 bits per heavy atom. The summed E-state index contributed by atoms with van der Waals surface area (Å²) in [5.41, 5.74) is 5.79. The third-order valence-electron chi connectivity index (χ3n) is 9.14. The van der Waals surface area contributed by atoms with Crippen molar-refractivity contribution in [2.24, 2.45) is 5.92 Å². The first kappa shape index (κ1) is 32.1. The molecule has 1 saturated heterocycles. The molecule has 0 spiro atoms. The summed E-state index contributed by atoms with van der Waals surface area (Å²) in [5, 5.41) is 14.0. The molecule has 0 bridgehead atoms. The van der Waals surface area contributed by atoms with Crippen LogP contribution in [0.3, 0.4) is 0 Å². The molecule has 2 aliphatic rings. The van der Waals surface area contributed by atoms with Crippen LogP contribution in [0.2, 0.25) is 0 Å². The first-order chi connectivity index (χ1) is 22.8. The third-order valence-corrected chi connectivity index (χ3v) is 9.14. The van der Waals surface area contributed by atoms with Gasteiger partial charge in [0, 0.05) is 25.6 Å². The highest BCUT2D eigenvalue weighted by atomic mass is 16.7. The summed E-state index contributed by atoms with van der Waals surface area (Å²) in [7, 11) is 1.62. The molecule has 47 heavy (non-hydrogen) atoms. The van der Waals surface area contributed by atoms with E-state index in [-0.39, 0.29) is 25.3 Å². The monoisotopic (exact) mass is 636 g/mol. The highest BCUT2D eigenvalue weighted by molar-refractivity contribution is 5.80. The van der Waals surface area contributed by atoms with Gasteiger partial charge in [-0.2, -0.15) is 0 Å². The van der Waals surface area contributed by atoms with E-state index in [0.29, 0.717) is 37.0 Å². The number of nitrogens with zero attached hydrogens (tertiary/aromatic N) is 1. The summed E-state index contributed by atoms with van der Waals surface area (Å²) in [6.07, 6.45) is 0. The van der Waals surface area contributed by atoms with Gasteiger partial charge in [0.2, 0.25) is 12.7 Å². The van der Waals surface area contributed by atoms with Crippen molar-refractivity contribution >= 4 is 11.9 Å². The minimum atomic E-state index is -0.932. The van der Waals surface area contributed by atoms with Crippen LogP contribution in [0.4, 0.5) is 0 Å². The van der Waals surface area contributed by atoms with Gasteiger partial charge in [-0.15, -0.1) is 0 Å². The molecule has 2 N–H and O–H groups in total. The standard InChI is InChI=1S/C38H40N2O7/c1-24-8-4-6-10-29(24)36(30-11-7-5-9-25(30)2)39-34(41)22-40-21-31(27-14-17-32-33(20-27)47-23-46-32)35(38(42)43)37(40)26-12-15-28(16-13-26)45-19-18-44-3/h4-17,20,31,35-37H,18-19,21-23H2,1-3H3,(H,39,41)(H,42,43). The number of likely N-dealkylation sites (tertiary alicyclic amines) is 1. The second kappa shape index (κ2) is 14.3. The topological polar surface area (TPSA) is 107 Å². The smallest absolute Gasteiger partial charge is 0.309 e. The minimum Gasteiger partial charge on any atom is -0.491 e. The second-order valence-corrected chi connectivity index (χ2v) is 12.1. The molecule has 2 heterocycles. The van der Waals surface area contributed by atoms with Crippen molar-refractivity contribution < 1.29 is 33.6 Å². The number of rotatable bonds is 12. The molecule has 9 heteroatoms. The van der Waals surface area contributed by atoms with E-state index < -0.39 is 23.8 Å². The molecule has 9 nitrogen and oxygen atoms in total. The maximum absolute atomic E-state index is 14.1. The molecule has 6 rings (SSSR count). The van der Waals surface area contributed by atoms with E-state index in [1.807, 2.05) is 110 Å². The zero-order chi connectivity index (χ0) is 32.9. The van der Waals surface area contributed by atoms with Gasteiger partial charge in [-0.1, -0.05) is 66.7 Å². The molecule has 3 unspecified atom stereocenters.